The van der Waals surface area contributed by atoms with Gasteiger partial charge in [-0.2, -0.15) is 23.5 Å². The van der Waals surface area contributed by atoms with Crippen molar-refractivity contribution in [1.29, 1.82) is 0 Å². The summed E-state index contributed by atoms with van der Waals surface area (Å²) >= 11 is 2.41. The summed E-state index contributed by atoms with van der Waals surface area (Å²) in [7, 11) is 2.78. The van der Waals surface area contributed by atoms with E-state index in [0.29, 0.717) is 24.7 Å². The topological polar surface area (TPSA) is 133 Å². The number of hydrogen-bond donors (Lipinski definition) is 0. The van der Waals surface area contributed by atoms with E-state index < -0.39 is 33.1 Å². The third-order valence-electron chi connectivity index (χ3n) is 5.70. The van der Waals surface area contributed by atoms with Crippen LogP contribution < -0.4 is 10.2 Å². The van der Waals surface area contributed by atoms with Crippen molar-refractivity contribution in [2.75, 3.05) is 37.2 Å². The number of carbonyl (C=O) groups is 4. The van der Waals surface area contributed by atoms with Crippen molar-refractivity contribution in [1.82, 2.24) is 0 Å². The molecule has 11 heteroatoms. The molecule has 0 aromatic rings. The van der Waals surface area contributed by atoms with E-state index in [4.69, 9.17) is 0 Å². The summed E-state index contributed by atoms with van der Waals surface area (Å²) in [6, 6.07) is 0. The molecule has 0 aliphatic rings. The third-order valence-corrected chi connectivity index (χ3v) is 11.4. The average Bonchev–Trinajstić information content (AvgIpc) is 2.92. The summed E-state index contributed by atoms with van der Waals surface area (Å²) in [4.78, 5) is 41.7. The van der Waals surface area contributed by atoms with Crippen LogP contribution in [0.25, 0.3) is 0 Å². The van der Waals surface area contributed by atoms with Crippen LogP contribution in [0.5, 0.6) is 0 Å². The molecule has 2 unspecified atom stereocenters. The molecule has 0 aliphatic carbocycles. The number of aliphatic carboxylic acids is 2. The Balaban J connectivity index is -0.000000498. The Hall–Kier alpha value is -0.621. The van der Waals surface area contributed by atoms with Crippen molar-refractivity contribution in [2.45, 2.75) is 101 Å². The van der Waals surface area contributed by atoms with E-state index in [0.717, 1.165) is 33.2 Å². The molecule has 0 spiro atoms. The van der Waals surface area contributed by atoms with Crippen LogP contribution in [0, 0.1) is 11.8 Å². The van der Waals surface area contributed by atoms with E-state index in [1.54, 1.807) is 0 Å². The first-order valence-electron chi connectivity index (χ1n) is 14.0. The predicted octanol–water partition coefficient (Wildman–Crippen LogP) is 4.03. The number of ether oxygens (including phenoxy) is 2. The van der Waals surface area contributed by atoms with Gasteiger partial charge >= 0.3 is 88.1 Å². The van der Waals surface area contributed by atoms with Crippen LogP contribution in [0.4, 0.5) is 0 Å². The van der Waals surface area contributed by atoms with Crippen molar-refractivity contribution in [3.05, 3.63) is 0 Å². The number of methoxy groups -OCH3 is 2. The number of rotatable bonds is 22. The summed E-state index contributed by atoms with van der Waals surface area (Å²) in [6.07, 6.45) is 10.7. The van der Waals surface area contributed by atoms with Crippen molar-refractivity contribution in [2.24, 2.45) is 11.8 Å². The average molecular weight is 700 g/mol. The van der Waals surface area contributed by atoms with Crippen LogP contribution in [0.15, 0.2) is 0 Å². The van der Waals surface area contributed by atoms with Gasteiger partial charge in [-0.15, -0.1) is 0 Å². The number of hydrogen-bond acceptors (Lipinski definition) is 10. The summed E-state index contributed by atoms with van der Waals surface area (Å²) in [5.74, 6) is 1.37. The van der Waals surface area contributed by atoms with Crippen LogP contribution in [0.3, 0.4) is 0 Å². The van der Waals surface area contributed by atoms with Gasteiger partial charge in [0.1, 0.15) is 0 Å². The van der Waals surface area contributed by atoms with Crippen molar-refractivity contribution in [3.63, 3.8) is 0 Å². The zero-order valence-corrected chi connectivity index (χ0v) is 29.5. The summed E-state index contributed by atoms with van der Waals surface area (Å²) < 4.78 is 10.9. The van der Waals surface area contributed by atoms with Gasteiger partial charge in [0, 0.05) is 11.5 Å². The summed E-state index contributed by atoms with van der Waals surface area (Å²) in [6.45, 7) is 8.70. The Morgan fingerprint density at radius 3 is 1.31 bits per heavy atom. The normalized spacial score (nSPS) is 11.4. The maximum atomic E-state index is 10.7. The van der Waals surface area contributed by atoms with E-state index in [2.05, 4.69) is 37.2 Å². The van der Waals surface area contributed by atoms with Gasteiger partial charge in [0.05, 0.1) is 11.9 Å². The van der Waals surface area contributed by atoms with Gasteiger partial charge < -0.3 is 19.8 Å². The molecule has 0 saturated carbocycles. The molecule has 0 aliphatic heterocycles. The number of carbonyl (C=O) groups excluding carboxylic acids is 4. The van der Waals surface area contributed by atoms with Gasteiger partial charge in [0.15, 0.2) is 0 Å². The van der Waals surface area contributed by atoms with E-state index in [1.807, 2.05) is 0 Å². The number of esters is 2. The number of carboxylic acids is 2. The molecule has 0 rings (SSSR count). The second-order valence-corrected chi connectivity index (χ2v) is 15.4. The zero-order valence-electron chi connectivity index (χ0n) is 25.1. The minimum atomic E-state index is -0.949. The van der Waals surface area contributed by atoms with Crippen molar-refractivity contribution < 1.29 is 38.9 Å². The fourth-order valence-corrected chi connectivity index (χ4v) is 8.05. The SMILES string of the molecule is CCCCC(CC)CSCC(=O)[O-].CCCCC(CC)CSCC(=O)[O-].COC(=O)C[CH2][Sn+2][CH2]CC(=O)OC. The fraction of sp³-hybridized carbons (Fsp3) is 0.857. The first-order valence-corrected chi connectivity index (χ1v) is 20.3. The Labute approximate surface area is 256 Å². The van der Waals surface area contributed by atoms with Crippen LogP contribution in [0.1, 0.15) is 91.9 Å². The van der Waals surface area contributed by atoms with Gasteiger partial charge in [0.25, 0.3) is 0 Å². The molecule has 0 amide bonds. The number of carboxylic acid groups (broad SMARTS) is 2. The molecular formula is C28H52O8S2Sn. The van der Waals surface area contributed by atoms with E-state index in [-0.39, 0.29) is 23.4 Å². The molecule has 0 radical (unpaired) electrons. The summed E-state index contributed by atoms with van der Waals surface area (Å²) in [5.41, 5.74) is 0. The minimum absolute atomic E-state index is 0.141. The van der Waals surface area contributed by atoms with Crippen molar-refractivity contribution in [3.8, 4) is 0 Å². The Kier molecular flexibility index (Phi) is 36.9. The predicted molar refractivity (Wildman–Crippen MR) is 160 cm³/mol. The second-order valence-electron chi connectivity index (χ2n) is 9.01. The molecule has 0 aromatic carbocycles. The van der Waals surface area contributed by atoms with E-state index in [1.165, 1.54) is 76.3 Å². The van der Waals surface area contributed by atoms with Gasteiger partial charge in [-0.25, -0.2) is 0 Å². The van der Waals surface area contributed by atoms with Gasteiger partial charge in [0.2, 0.25) is 0 Å². The first kappa shape index (κ1) is 42.8. The first-order chi connectivity index (χ1) is 18.6. The van der Waals surface area contributed by atoms with E-state index >= 15 is 0 Å². The van der Waals surface area contributed by atoms with Crippen LogP contribution in [0.2, 0.25) is 8.87 Å². The maximum absolute atomic E-state index is 10.7. The summed E-state index contributed by atoms with van der Waals surface area (Å²) in [5, 5.41) is 20.3. The molecule has 0 saturated heterocycles. The number of unbranched alkanes of at least 4 members (excludes halogenated alkanes) is 2. The standard InChI is InChI=1S/2C10H20O2S.2C4H7O2.Sn/c2*1-3-5-6-9(4-2)7-13-8-10(11)12;2*1-3-4(5)6-2;/h2*9H,3-8H2,1-2H3,(H,11,12);2*1,3H2,2H3;/q;;;;+2/p-2. The molecule has 0 bridgehead atoms. The van der Waals surface area contributed by atoms with Crippen LogP contribution in [-0.2, 0) is 28.7 Å². The fourth-order valence-electron chi connectivity index (χ4n) is 3.12. The van der Waals surface area contributed by atoms with Gasteiger partial charge in [-0.3, -0.25) is 0 Å². The van der Waals surface area contributed by atoms with E-state index in [9.17, 15) is 29.4 Å². The van der Waals surface area contributed by atoms with Crippen LogP contribution >= 0.6 is 23.5 Å². The third kappa shape index (κ3) is 37.4. The zero-order chi connectivity index (χ0) is 30.3. The molecule has 39 heavy (non-hydrogen) atoms. The molecule has 0 N–H and O–H groups in total. The molecule has 0 fully saturated rings. The van der Waals surface area contributed by atoms with Gasteiger partial charge in [-0.05, 0) is 36.2 Å². The monoisotopic (exact) mass is 700 g/mol. The molecular weight excluding hydrogens is 647 g/mol. The Morgan fingerprint density at radius 1 is 0.692 bits per heavy atom. The molecule has 228 valence electrons. The molecule has 0 aromatic heterocycles. The van der Waals surface area contributed by atoms with Crippen molar-refractivity contribution >= 4 is 68.5 Å². The molecule has 8 nitrogen and oxygen atoms in total. The Morgan fingerprint density at radius 2 is 1.05 bits per heavy atom. The molecule has 2 atom stereocenters. The quantitative estimate of drug-likeness (QED) is 0.0928. The van der Waals surface area contributed by atoms with Crippen LogP contribution in [-0.4, -0.2) is 82.3 Å². The second kappa shape index (κ2) is 33.6. The Bertz CT molecular complexity index is 558. The molecule has 0 heterocycles. The van der Waals surface area contributed by atoms with Gasteiger partial charge in [-0.1, -0.05) is 66.2 Å². The number of thioether (sulfide) groups is 2.